The van der Waals surface area contributed by atoms with Crippen molar-refractivity contribution in [3.05, 3.63) is 101 Å². The highest BCUT2D eigenvalue weighted by Crippen LogP contribution is 2.35. The van der Waals surface area contributed by atoms with Crippen LogP contribution in [0.2, 0.25) is 0 Å². The zero-order chi connectivity index (χ0) is 25.8. The van der Waals surface area contributed by atoms with Crippen LogP contribution in [0.3, 0.4) is 0 Å². The molecule has 5 rings (SSSR count). The van der Waals surface area contributed by atoms with Crippen LogP contribution in [0.5, 0.6) is 5.75 Å². The van der Waals surface area contributed by atoms with Crippen molar-refractivity contribution in [1.29, 1.82) is 0 Å². The first kappa shape index (κ1) is 25.2. The molecule has 0 radical (unpaired) electrons. The van der Waals surface area contributed by atoms with Crippen LogP contribution < -0.4 is 4.74 Å². The molecule has 6 nitrogen and oxygen atoms in total. The largest absolute Gasteiger partial charge is 0.497 e. The van der Waals surface area contributed by atoms with Crippen molar-refractivity contribution in [3.63, 3.8) is 0 Å². The third-order valence-electron chi connectivity index (χ3n) is 7.41. The molecule has 0 unspecified atom stereocenters. The van der Waals surface area contributed by atoms with Gasteiger partial charge in [-0.1, -0.05) is 66.2 Å². The summed E-state index contributed by atoms with van der Waals surface area (Å²) in [6.45, 7) is 9.22. The molecule has 0 bridgehead atoms. The van der Waals surface area contributed by atoms with Crippen molar-refractivity contribution < 1.29 is 9.53 Å². The van der Waals surface area contributed by atoms with Gasteiger partial charge in [0.15, 0.2) is 0 Å². The average Bonchev–Trinajstić information content (AvgIpc) is 3.36. The van der Waals surface area contributed by atoms with E-state index >= 15 is 0 Å². The Bertz CT molecular complexity index is 1270. The molecule has 2 aliphatic rings. The highest BCUT2D eigenvalue weighted by molar-refractivity contribution is 6.04. The molecule has 37 heavy (non-hydrogen) atoms. The van der Waals surface area contributed by atoms with Gasteiger partial charge in [0.05, 0.1) is 25.4 Å². The molecule has 2 aliphatic heterocycles. The number of hydrazone groups is 1. The lowest BCUT2D eigenvalue weighted by atomic mass is 9.95. The van der Waals surface area contributed by atoms with Crippen LogP contribution in [0.1, 0.15) is 40.3 Å². The first-order valence-electron chi connectivity index (χ1n) is 13.1. The second-order valence-electron chi connectivity index (χ2n) is 10.1. The topological polar surface area (TPSA) is 48.4 Å². The summed E-state index contributed by atoms with van der Waals surface area (Å²) in [4.78, 5) is 18.4. The third-order valence-corrected chi connectivity index (χ3v) is 7.41. The van der Waals surface area contributed by atoms with E-state index in [2.05, 4.69) is 78.2 Å². The summed E-state index contributed by atoms with van der Waals surface area (Å²) in [5.74, 6) is 0.837. The van der Waals surface area contributed by atoms with E-state index in [1.54, 1.807) is 12.1 Å². The number of amides is 1. The molecule has 1 atom stereocenters. The minimum Gasteiger partial charge on any atom is -0.497 e. The van der Waals surface area contributed by atoms with Crippen LogP contribution in [-0.4, -0.2) is 66.3 Å². The van der Waals surface area contributed by atoms with Gasteiger partial charge in [0, 0.05) is 44.7 Å². The molecule has 0 N–H and O–H groups in total. The second kappa shape index (κ2) is 11.3. The quantitative estimate of drug-likeness (QED) is 0.471. The summed E-state index contributed by atoms with van der Waals surface area (Å²) in [5, 5.41) is 6.64. The van der Waals surface area contributed by atoms with Gasteiger partial charge in [0.2, 0.25) is 0 Å². The minimum absolute atomic E-state index is 0.0455. The van der Waals surface area contributed by atoms with Crippen molar-refractivity contribution in [2.75, 3.05) is 39.8 Å². The summed E-state index contributed by atoms with van der Waals surface area (Å²) < 4.78 is 5.47. The summed E-state index contributed by atoms with van der Waals surface area (Å²) in [6.07, 6.45) is 0.688. The molecule has 192 valence electrons. The van der Waals surface area contributed by atoms with Crippen LogP contribution in [0.15, 0.2) is 77.9 Å². The van der Waals surface area contributed by atoms with E-state index in [0.29, 0.717) is 13.0 Å². The van der Waals surface area contributed by atoms with E-state index < -0.39 is 0 Å². The van der Waals surface area contributed by atoms with Crippen molar-refractivity contribution in [2.24, 2.45) is 5.10 Å². The molecule has 0 aliphatic carbocycles. The normalized spacial score (nSPS) is 18.6. The first-order chi connectivity index (χ1) is 18.0. The Hall–Kier alpha value is -3.48. The van der Waals surface area contributed by atoms with E-state index in [-0.39, 0.29) is 11.9 Å². The van der Waals surface area contributed by atoms with Crippen molar-refractivity contribution in [2.45, 2.75) is 32.9 Å². The van der Waals surface area contributed by atoms with Gasteiger partial charge < -0.3 is 4.74 Å². The summed E-state index contributed by atoms with van der Waals surface area (Å²) in [5.41, 5.74) is 6.87. The predicted molar refractivity (Wildman–Crippen MR) is 148 cm³/mol. The predicted octanol–water partition coefficient (Wildman–Crippen LogP) is 4.81. The van der Waals surface area contributed by atoms with Crippen molar-refractivity contribution in [1.82, 2.24) is 14.8 Å². The Labute approximate surface area is 220 Å². The van der Waals surface area contributed by atoms with E-state index in [1.807, 2.05) is 18.2 Å². The third kappa shape index (κ3) is 5.92. The number of nitrogens with zero attached hydrogens (tertiary/aromatic N) is 4. The number of aryl methyl sites for hydroxylation is 2. The highest BCUT2D eigenvalue weighted by atomic mass is 16.5. The van der Waals surface area contributed by atoms with Crippen molar-refractivity contribution >= 4 is 11.6 Å². The molecular weight excluding hydrogens is 460 g/mol. The van der Waals surface area contributed by atoms with Gasteiger partial charge in [-0.3, -0.25) is 14.6 Å². The highest BCUT2D eigenvalue weighted by Gasteiger charge is 2.34. The standard InChI is InChI=1S/C31H36N4O2/c1-23-12-13-28(24(2)18-23)29-20-30(26-10-7-11-27(19-26)37-3)35(32-29)31(36)22-34-16-14-33(15-17-34)21-25-8-5-4-6-9-25/h4-13,18-19,30H,14-17,20-22H2,1-3H3/t30-/m1/s1. The number of carbonyl (C=O) groups is 1. The lowest BCUT2D eigenvalue weighted by Crippen LogP contribution is -2.49. The molecule has 1 fully saturated rings. The van der Waals surface area contributed by atoms with Gasteiger partial charge in [-0.05, 0) is 42.7 Å². The Kier molecular flexibility index (Phi) is 7.68. The van der Waals surface area contributed by atoms with Crippen LogP contribution >= 0.6 is 0 Å². The number of hydrogen-bond donors (Lipinski definition) is 0. The molecule has 0 saturated carbocycles. The molecule has 1 amide bonds. The van der Waals surface area contributed by atoms with Crippen LogP contribution in [0.25, 0.3) is 0 Å². The van der Waals surface area contributed by atoms with Gasteiger partial charge in [-0.25, -0.2) is 5.01 Å². The van der Waals surface area contributed by atoms with Crippen LogP contribution in [-0.2, 0) is 11.3 Å². The van der Waals surface area contributed by atoms with E-state index in [4.69, 9.17) is 9.84 Å². The van der Waals surface area contributed by atoms with Crippen LogP contribution in [0, 0.1) is 13.8 Å². The Balaban J connectivity index is 1.30. The fraction of sp³-hybridized carbons (Fsp3) is 0.355. The number of methoxy groups -OCH3 is 1. The van der Waals surface area contributed by atoms with E-state index in [1.165, 1.54) is 16.7 Å². The molecule has 1 saturated heterocycles. The number of benzene rings is 3. The van der Waals surface area contributed by atoms with Gasteiger partial charge in [0.1, 0.15) is 5.75 Å². The van der Waals surface area contributed by atoms with Gasteiger partial charge in [-0.2, -0.15) is 5.10 Å². The molecule has 3 aromatic rings. The molecule has 0 aromatic heterocycles. The number of rotatable bonds is 7. The molecule has 0 spiro atoms. The maximum absolute atomic E-state index is 13.7. The lowest BCUT2D eigenvalue weighted by molar-refractivity contribution is -0.134. The summed E-state index contributed by atoms with van der Waals surface area (Å²) in [6, 6.07) is 24.9. The fourth-order valence-corrected chi connectivity index (χ4v) is 5.36. The molecule has 6 heteroatoms. The number of carbonyl (C=O) groups excluding carboxylic acids is 1. The smallest absolute Gasteiger partial charge is 0.257 e. The first-order valence-corrected chi connectivity index (χ1v) is 13.1. The molecule has 3 aromatic carbocycles. The number of piperazine rings is 1. The van der Waals surface area contributed by atoms with Gasteiger partial charge in [0.25, 0.3) is 5.91 Å². The number of hydrogen-bond acceptors (Lipinski definition) is 5. The summed E-state index contributed by atoms with van der Waals surface area (Å²) in [7, 11) is 1.67. The average molecular weight is 497 g/mol. The fourth-order valence-electron chi connectivity index (χ4n) is 5.36. The Morgan fingerprint density at radius 3 is 2.41 bits per heavy atom. The van der Waals surface area contributed by atoms with Gasteiger partial charge >= 0.3 is 0 Å². The maximum atomic E-state index is 13.7. The van der Waals surface area contributed by atoms with Crippen LogP contribution in [0.4, 0.5) is 0 Å². The molecular formula is C31H36N4O2. The van der Waals surface area contributed by atoms with E-state index in [0.717, 1.165) is 55.3 Å². The zero-order valence-electron chi connectivity index (χ0n) is 22.1. The second-order valence-corrected chi connectivity index (χ2v) is 10.1. The lowest BCUT2D eigenvalue weighted by Gasteiger charge is -2.35. The Morgan fingerprint density at radius 1 is 0.919 bits per heavy atom. The summed E-state index contributed by atoms with van der Waals surface area (Å²) >= 11 is 0. The Morgan fingerprint density at radius 2 is 1.68 bits per heavy atom. The monoisotopic (exact) mass is 496 g/mol. The van der Waals surface area contributed by atoms with Gasteiger partial charge in [-0.15, -0.1) is 0 Å². The van der Waals surface area contributed by atoms with Crippen molar-refractivity contribution in [3.8, 4) is 5.75 Å². The number of ether oxygens (including phenoxy) is 1. The minimum atomic E-state index is -0.141. The van der Waals surface area contributed by atoms with E-state index in [9.17, 15) is 4.79 Å². The zero-order valence-corrected chi connectivity index (χ0v) is 22.1. The SMILES string of the molecule is COc1cccc([C@H]2CC(c3ccc(C)cc3C)=NN2C(=O)CN2CCN(Cc3ccccc3)CC2)c1. The maximum Gasteiger partial charge on any atom is 0.257 e. The molecule has 2 heterocycles.